The summed E-state index contributed by atoms with van der Waals surface area (Å²) in [4.78, 5) is 18.6. The van der Waals surface area contributed by atoms with Crippen LogP contribution in [0, 0.1) is 17.6 Å². The quantitative estimate of drug-likeness (QED) is 0.718. The second kappa shape index (κ2) is 8.94. The second-order valence-electron chi connectivity index (χ2n) is 7.72. The third-order valence-corrected chi connectivity index (χ3v) is 5.76. The van der Waals surface area contributed by atoms with Crippen LogP contribution in [0.2, 0.25) is 0 Å². The minimum Gasteiger partial charge on any atom is -0.352 e. The first-order valence-corrected chi connectivity index (χ1v) is 9.98. The molecule has 4 rings (SSSR count). The summed E-state index contributed by atoms with van der Waals surface area (Å²) in [5.74, 6) is -1.57. The van der Waals surface area contributed by atoms with E-state index in [1.165, 1.54) is 5.56 Å². The molecule has 2 fully saturated rings. The Bertz CT molecular complexity index is 822. The molecule has 1 aromatic carbocycles. The number of amides is 1. The van der Waals surface area contributed by atoms with Gasteiger partial charge in [-0.3, -0.25) is 14.7 Å². The van der Waals surface area contributed by atoms with Gasteiger partial charge in [0.25, 0.3) is 5.91 Å². The zero-order chi connectivity index (χ0) is 20.2. The average molecular weight is 401 g/mol. The number of carbonyl (C=O) groups is 1. The van der Waals surface area contributed by atoms with Gasteiger partial charge in [0.2, 0.25) is 0 Å². The van der Waals surface area contributed by atoms with Crippen LogP contribution in [0.4, 0.5) is 8.78 Å². The van der Waals surface area contributed by atoms with Gasteiger partial charge in [0.1, 0.15) is 11.6 Å². The van der Waals surface area contributed by atoms with Crippen molar-refractivity contribution in [1.29, 1.82) is 0 Å². The van der Waals surface area contributed by atoms with Crippen LogP contribution in [-0.2, 0) is 0 Å². The molecule has 8 heteroatoms. The van der Waals surface area contributed by atoms with Crippen molar-refractivity contribution in [2.45, 2.75) is 31.5 Å². The molecule has 2 aromatic rings. The van der Waals surface area contributed by atoms with Crippen molar-refractivity contribution in [3.8, 4) is 0 Å². The van der Waals surface area contributed by atoms with Gasteiger partial charge in [-0.15, -0.1) is 0 Å². The van der Waals surface area contributed by atoms with Crippen molar-refractivity contribution >= 4 is 5.91 Å². The van der Waals surface area contributed by atoms with Gasteiger partial charge in [-0.2, -0.15) is 0 Å². The second-order valence-corrected chi connectivity index (χ2v) is 7.72. The number of hydrogen-bond donors (Lipinski definition) is 3. The van der Waals surface area contributed by atoms with Crippen molar-refractivity contribution in [3.05, 3.63) is 65.5 Å². The normalized spacial score (nSPS) is 23.2. The van der Waals surface area contributed by atoms with E-state index in [0.29, 0.717) is 12.5 Å². The SMILES string of the molecule is O=C(NCC1CCN(C2CC(c3ccncc3)NN2)CC1)c1cc(F)cc(F)c1. The third-order valence-electron chi connectivity index (χ3n) is 5.76. The van der Waals surface area contributed by atoms with Gasteiger partial charge >= 0.3 is 0 Å². The zero-order valence-electron chi connectivity index (χ0n) is 16.1. The summed E-state index contributed by atoms with van der Waals surface area (Å²) in [6.07, 6.45) is 6.81. The molecule has 1 aromatic heterocycles. The van der Waals surface area contributed by atoms with Crippen LogP contribution in [-0.4, -0.2) is 41.6 Å². The maximum Gasteiger partial charge on any atom is 0.251 e. The lowest BCUT2D eigenvalue weighted by atomic mass is 9.95. The van der Waals surface area contributed by atoms with Gasteiger partial charge in [-0.25, -0.2) is 19.6 Å². The summed E-state index contributed by atoms with van der Waals surface area (Å²) in [7, 11) is 0. The Hall–Kier alpha value is -2.42. The molecule has 2 unspecified atom stereocenters. The van der Waals surface area contributed by atoms with Crippen molar-refractivity contribution < 1.29 is 13.6 Å². The predicted octanol–water partition coefficient (Wildman–Crippen LogP) is 2.37. The molecule has 0 bridgehead atoms. The summed E-state index contributed by atoms with van der Waals surface area (Å²) in [5, 5.41) is 2.81. The van der Waals surface area contributed by atoms with Crippen LogP contribution in [0.3, 0.4) is 0 Å². The fourth-order valence-corrected chi connectivity index (χ4v) is 4.09. The van der Waals surface area contributed by atoms with E-state index >= 15 is 0 Å². The van der Waals surface area contributed by atoms with E-state index in [4.69, 9.17) is 0 Å². The van der Waals surface area contributed by atoms with Crippen LogP contribution < -0.4 is 16.2 Å². The first-order chi connectivity index (χ1) is 14.1. The molecule has 0 spiro atoms. The van der Waals surface area contributed by atoms with Crippen molar-refractivity contribution in [3.63, 3.8) is 0 Å². The fourth-order valence-electron chi connectivity index (χ4n) is 4.09. The van der Waals surface area contributed by atoms with E-state index in [0.717, 1.165) is 50.6 Å². The van der Waals surface area contributed by atoms with Crippen molar-refractivity contribution in [2.24, 2.45) is 5.92 Å². The number of hydrogen-bond acceptors (Lipinski definition) is 5. The Labute approximate surface area is 168 Å². The van der Waals surface area contributed by atoms with E-state index < -0.39 is 17.5 Å². The summed E-state index contributed by atoms with van der Waals surface area (Å²) < 4.78 is 26.5. The molecule has 0 aliphatic carbocycles. The standard InChI is InChI=1S/C21H25F2N5O/c22-17-9-16(10-18(23)11-17)21(29)25-13-14-3-7-28(8-4-14)20-12-19(26-27-20)15-1-5-24-6-2-15/h1-2,5-6,9-11,14,19-20,26-27H,3-4,7-8,12-13H2,(H,25,29). The van der Waals surface area contributed by atoms with Crippen molar-refractivity contribution in [1.82, 2.24) is 26.1 Å². The van der Waals surface area contributed by atoms with E-state index in [1.807, 2.05) is 24.5 Å². The molecule has 2 aliphatic rings. The van der Waals surface area contributed by atoms with Crippen LogP contribution in [0.15, 0.2) is 42.7 Å². The lowest BCUT2D eigenvalue weighted by Crippen LogP contribution is -2.49. The maximum atomic E-state index is 13.3. The van der Waals surface area contributed by atoms with Crippen LogP contribution >= 0.6 is 0 Å². The Kier molecular flexibility index (Phi) is 6.13. The maximum absolute atomic E-state index is 13.3. The smallest absolute Gasteiger partial charge is 0.251 e. The summed E-state index contributed by atoms with van der Waals surface area (Å²) in [5.41, 5.74) is 7.99. The lowest BCUT2D eigenvalue weighted by molar-refractivity contribution is 0.0913. The molecular weight excluding hydrogens is 376 g/mol. The predicted molar refractivity (Wildman–Crippen MR) is 105 cm³/mol. The van der Waals surface area contributed by atoms with Gasteiger partial charge in [-0.05, 0) is 68.1 Å². The molecule has 29 heavy (non-hydrogen) atoms. The zero-order valence-corrected chi connectivity index (χ0v) is 16.1. The topological polar surface area (TPSA) is 69.3 Å². The molecule has 3 heterocycles. The molecule has 6 nitrogen and oxygen atoms in total. The van der Waals surface area contributed by atoms with Crippen LogP contribution in [0.25, 0.3) is 0 Å². The number of halogens is 2. The number of aromatic nitrogens is 1. The monoisotopic (exact) mass is 401 g/mol. The molecule has 2 atom stereocenters. The highest BCUT2D eigenvalue weighted by Crippen LogP contribution is 2.26. The van der Waals surface area contributed by atoms with E-state index in [-0.39, 0.29) is 17.8 Å². The fraction of sp³-hybridized carbons (Fsp3) is 0.429. The van der Waals surface area contributed by atoms with Crippen LogP contribution in [0.5, 0.6) is 0 Å². The number of piperidine rings is 1. The summed E-state index contributed by atoms with van der Waals surface area (Å²) in [6, 6.07) is 7.20. The van der Waals surface area contributed by atoms with Gasteiger partial charge in [0.05, 0.1) is 6.17 Å². The highest BCUT2D eigenvalue weighted by Gasteiger charge is 2.31. The van der Waals surface area contributed by atoms with Gasteiger partial charge in [0, 0.05) is 36.6 Å². The Morgan fingerprint density at radius 2 is 1.79 bits per heavy atom. The minimum absolute atomic E-state index is 0.0170. The summed E-state index contributed by atoms with van der Waals surface area (Å²) in [6.45, 7) is 2.40. The number of rotatable bonds is 5. The molecule has 2 aliphatic heterocycles. The van der Waals surface area contributed by atoms with E-state index in [9.17, 15) is 13.6 Å². The Morgan fingerprint density at radius 1 is 1.10 bits per heavy atom. The largest absolute Gasteiger partial charge is 0.352 e. The third kappa shape index (κ3) is 4.95. The first-order valence-electron chi connectivity index (χ1n) is 9.98. The molecule has 154 valence electrons. The Morgan fingerprint density at radius 3 is 2.48 bits per heavy atom. The van der Waals surface area contributed by atoms with E-state index in [2.05, 4.69) is 26.1 Å². The highest BCUT2D eigenvalue weighted by molar-refractivity contribution is 5.94. The molecule has 0 radical (unpaired) electrons. The lowest BCUT2D eigenvalue weighted by Gasteiger charge is -2.35. The molecule has 0 saturated carbocycles. The molecule has 3 N–H and O–H groups in total. The molecular formula is C21H25F2N5O. The van der Waals surface area contributed by atoms with Gasteiger partial charge < -0.3 is 5.32 Å². The number of nitrogens with zero attached hydrogens (tertiary/aromatic N) is 2. The van der Waals surface area contributed by atoms with E-state index in [1.54, 1.807) is 0 Å². The number of carbonyl (C=O) groups excluding carboxylic acids is 1. The van der Waals surface area contributed by atoms with Crippen molar-refractivity contribution in [2.75, 3.05) is 19.6 Å². The number of nitrogens with one attached hydrogen (secondary N) is 3. The first kappa shape index (κ1) is 19.9. The average Bonchev–Trinajstić information content (AvgIpc) is 3.22. The Balaban J connectivity index is 1.22. The number of hydrazine groups is 1. The highest BCUT2D eigenvalue weighted by atomic mass is 19.1. The number of benzene rings is 1. The van der Waals surface area contributed by atoms with Gasteiger partial charge in [-0.1, -0.05) is 0 Å². The van der Waals surface area contributed by atoms with Gasteiger partial charge in [0.15, 0.2) is 0 Å². The summed E-state index contributed by atoms with van der Waals surface area (Å²) >= 11 is 0. The van der Waals surface area contributed by atoms with Crippen LogP contribution in [0.1, 0.15) is 41.2 Å². The number of pyridine rings is 1. The molecule has 1 amide bonds. The minimum atomic E-state index is -0.744. The molecule has 2 saturated heterocycles. The number of likely N-dealkylation sites (tertiary alicyclic amines) is 1.